The Hall–Kier alpha value is -2.20. The highest BCUT2D eigenvalue weighted by atomic mass is 32.1. The molecule has 1 aromatic heterocycles. The van der Waals surface area contributed by atoms with Crippen LogP contribution >= 0.6 is 11.3 Å². The Labute approximate surface area is 106 Å². The number of hydrogen-bond acceptors (Lipinski definition) is 3. The highest BCUT2D eigenvalue weighted by Gasteiger charge is 2.07. The van der Waals surface area contributed by atoms with Gasteiger partial charge in [0.2, 0.25) is 5.91 Å². The largest absolute Gasteiger partial charge is 0.366 e. The fourth-order valence-electron chi connectivity index (χ4n) is 1.95. The average molecular weight is 255 g/mol. The van der Waals surface area contributed by atoms with Gasteiger partial charge >= 0.3 is 0 Å². The molecule has 0 unspecified atom stereocenters. The van der Waals surface area contributed by atoms with Crippen molar-refractivity contribution >= 4 is 37.4 Å². The first-order chi connectivity index (χ1) is 8.66. The van der Waals surface area contributed by atoms with E-state index < -0.39 is 5.91 Å². The molecule has 0 saturated heterocycles. The summed E-state index contributed by atoms with van der Waals surface area (Å²) in [5.41, 5.74) is 5.66. The van der Waals surface area contributed by atoms with E-state index in [0.717, 1.165) is 9.40 Å². The van der Waals surface area contributed by atoms with Crippen molar-refractivity contribution in [1.29, 1.82) is 0 Å². The van der Waals surface area contributed by atoms with Crippen molar-refractivity contribution in [2.24, 2.45) is 5.73 Å². The molecule has 88 valence electrons. The Morgan fingerprint density at radius 3 is 2.50 bits per heavy atom. The molecule has 0 atom stereocenters. The number of carbonyl (C=O) groups is 1. The molecular weight excluding hydrogens is 246 g/mol. The van der Waals surface area contributed by atoms with Gasteiger partial charge in [-0.05, 0) is 30.3 Å². The Morgan fingerprint density at radius 1 is 1.00 bits per heavy atom. The Morgan fingerprint density at radius 2 is 1.72 bits per heavy atom. The lowest BCUT2D eigenvalue weighted by atomic mass is 10.1. The van der Waals surface area contributed by atoms with Crippen molar-refractivity contribution in [3.63, 3.8) is 0 Å². The van der Waals surface area contributed by atoms with E-state index in [1.54, 1.807) is 18.2 Å². The van der Waals surface area contributed by atoms with Crippen molar-refractivity contribution in [3.05, 3.63) is 58.3 Å². The van der Waals surface area contributed by atoms with Crippen LogP contribution in [0.25, 0.3) is 20.2 Å². The van der Waals surface area contributed by atoms with E-state index in [2.05, 4.69) is 0 Å². The van der Waals surface area contributed by atoms with Crippen LogP contribution in [0.2, 0.25) is 0 Å². The third-order valence-electron chi connectivity index (χ3n) is 2.86. The first-order valence-electron chi connectivity index (χ1n) is 5.42. The SMILES string of the molecule is NC(=O)c1ccc2c(=O)c3ccccc3sc2c1. The number of benzene rings is 2. The second-order valence-corrected chi connectivity index (χ2v) is 5.09. The summed E-state index contributed by atoms with van der Waals surface area (Å²) in [6, 6.07) is 12.4. The van der Waals surface area contributed by atoms with Gasteiger partial charge in [-0.1, -0.05) is 12.1 Å². The molecule has 3 nitrogen and oxygen atoms in total. The maximum Gasteiger partial charge on any atom is 0.248 e. The van der Waals surface area contributed by atoms with Crippen LogP contribution in [0.5, 0.6) is 0 Å². The molecule has 0 aliphatic carbocycles. The molecule has 18 heavy (non-hydrogen) atoms. The lowest BCUT2D eigenvalue weighted by Crippen LogP contribution is -2.11. The Bertz CT molecular complexity index is 836. The molecule has 0 bridgehead atoms. The topological polar surface area (TPSA) is 60.2 Å². The van der Waals surface area contributed by atoms with E-state index >= 15 is 0 Å². The van der Waals surface area contributed by atoms with Crippen molar-refractivity contribution in [2.45, 2.75) is 0 Å². The van der Waals surface area contributed by atoms with Crippen LogP contribution in [0.3, 0.4) is 0 Å². The van der Waals surface area contributed by atoms with Gasteiger partial charge in [-0.3, -0.25) is 9.59 Å². The number of nitrogens with two attached hydrogens (primary N) is 1. The van der Waals surface area contributed by atoms with Gasteiger partial charge in [-0.15, -0.1) is 11.3 Å². The minimum Gasteiger partial charge on any atom is -0.366 e. The number of fused-ring (bicyclic) bond motifs is 2. The zero-order valence-corrected chi connectivity index (χ0v) is 10.2. The average Bonchev–Trinajstić information content (AvgIpc) is 2.38. The fraction of sp³-hybridized carbons (Fsp3) is 0. The van der Waals surface area contributed by atoms with Crippen LogP contribution in [-0.2, 0) is 0 Å². The van der Waals surface area contributed by atoms with E-state index in [4.69, 9.17) is 5.73 Å². The lowest BCUT2D eigenvalue weighted by Gasteiger charge is -2.02. The maximum absolute atomic E-state index is 12.3. The summed E-state index contributed by atoms with van der Waals surface area (Å²) in [5.74, 6) is -0.482. The van der Waals surface area contributed by atoms with E-state index in [0.29, 0.717) is 16.3 Å². The van der Waals surface area contributed by atoms with E-state index in [1.807, 2.05) is 24.3 Å². The molecule has 1 amide bonds. The molecule has 2 aromatic carbocycles. The molecule has 0 aliphatic rings. The van der Waals surface area contributed by atoms with Crippen molar-refractivity contribution in [1.82, 2.24) is 0 Å². The van der Waals surface area contributed by atoms with Gasteiger partial charge in [0.15, 0.2) is 5.43 Å². The van der Waals surface area contributed by atoms with Crippen molar-refractivity contribution < 1.29 is 4.79 Å². The summed E-state index contributed by atoms with van der Waals surface area (Å²) >= 11 is 1.49. The normalized spacial score (nSPS) is 10.9. The molecule has 0 radical (unpaired) electrons. The van der Waals surface area contributed by atoms with E-state index in [9.17, 15) is 9.59 Å². The van der Waals surface area contributed by atoms with E-state index in [-0.39, 0.29) is 5.43 Å². The van der Waals surface area contributed by atoms with Crippen molar-refractivity contribution in [2.75, 3.05) is 0 Å². The minimum atomic E-state index is -0.482. The maximum atomic E-state index is 12.3. The predicted molar refractivity (Wildman–Crippen MR) is 74.1 cm³/mol. The molecule has 1 heterocycles. The van der Waals surface area contributed by atoms with Gasteiger partial charge in [0.1, 0.15) is 0 Å². The quantitative estimate of drug-likeness (QED) is 0.679. The van der Waals surface area contributed by atoms with Crippen LogP contribution in [0.4, 0.5) is 0 Å². The minimum absolute atomic E-state index is 0.00429. The molecule has 0 fully saturated rings. The molecule has 0 saturated carbocycles. The summed E-state index contributed by atoms with van der Waals surface area (Å²) in [7, 11) is 0. The number of amides is 1. The number of primary amides is 1. The Balaban J connectivity index is 2.48. The van der Waals surface area contributed by atoms with Gasteiger partial charge in [-0.25, -0.2) is 0 Å². The first-order valence-corrected chi connectivity index (χ1v) is 6.24. The monoisotopic (exact) mass is 255 g/mol. The molecule has 4 heteroatoms. The summed E-state index contributed by atoms with van der Waals surface area (Å²) in [5, 5.41) is 1.34. The standard InChI is InChI=1S/C14H9NO2S/c15-14(17)8-5-6-10-12(7-8)18-11-4-2-1-3-9(11)13(10)16/h1-7H,(H2,15,17). The van der Waals surface area contributed by atoms with Gasteiger partial charge in [0.05, 0.1) is 0 Å². The zero-order chi connectivity index (χ0) is 12.7. The Kier molecular flexibility index (Phi) is 2.38. The summed E-state index contributed by atoms with van der Waals surface area (Å²) < 4.78 is 1.70. The smallest absolute Gasteiger partial charge is 0.248 e. The molecule has 0 spiro atoms. The van der Waals surface area contributed by atoms with E-state index in [1.165, 1.54) is 11.3 Å². The third-order valence-corrected chi connectivity index (χ3v) is 4.00. The summed E-state index contributed by atoms with van der Waals surface area (Å²) in [4.78, 5) is 23.4. The van der Waals surface area contributed by atoms with Crippen LogP contribution in [0.15, 0.2) is 47.3 Å². The predicted octanol–water partition coefficient (Wildman–Crippen LogP) is 2.51. The number of carbonyl (C=O) groups excluding carboxylic acids is 1. The molecule has 3 aromatic rings. The third kappa shape index (κ3) is 1.58. The van der Waals surface area contributed by atoms with Crippen LogP contribution in [0, 0.1) is 0 Å². The van der Waals surface area contributed by atoms with Gasteiger partial charge < -0.3 is 5.73 Å². The molecule has 3 rings (SSSR count). The van der Waals surface area contributed by atoms with Gasteiger partial charge in [0.25, 0.3) is 0 Å². The summed E-state index contributed by atoms with van der Waals surface area (Å²) in [6.45, 7) is 0. The fourth-order valence-corrected chi connectivity index (χ4v) is 3.07. The second-order valence-electron chi connectivity index (χ2n) is 4.00. The van der Waals surface area contributed by atoms with Crippen molar-refractivity contribution in [3.8, 4) is 0 Å². The second kappa shape index (κ2) is 3.92. The van der Waals surface area contributed by atoms with Crippen LogP contribution < -0.4 is 11.2 Å². The molecular formula is C14H9NO2S. The molecule has 2 N–H and O–H groups in total. The lowest BCUT2D eigenvalue weighted by molar-refractivity contribution is 0.100. The van der Waals surface area contributed by atoms with Gasteiger partial charge in [-0.2, -0.15) is 0 Å². The summed E-state index contributed by atoms with van der Waals surface area (Å²) in [6.07, 6.45) is 0. The highest BCUT2D eigenvalue weighted by molar-refractivity contribution is 7.24. The zero-order valence-electron chi connectivity index (χ0n) is 9.34. The van der Waals surface area contributed by atoms with Gasteiger partial charge in [0, 0.05) is 25.7 Å². The first kappa shape index (κ1) is 10.9. The van der Waals surface area contributed by atoms with Crippen LogP contribution in [-0.4, -0.2) is 5.91 Å². The molecule has 0 aliphatic heterocycles. The number of rotatable bonds is 1. The number of hydrogen-bond donors (Lipinski definition) is 1. The highest BCUT2D eigenvalue weighted by Crippen LogP contribution is 2.25. The van der Waals surface area contributed by atoms with Crippen LogP contribution in [0.1, 0.15) is 10.4 Å².